The molecular formula is C11H18N6. The highest BCUT2D eigenvalue weighted by Gasteiger charge is 2.14. The maximum atomic E-state index is 4.46. The maximum Gasteiger partial charge on any atom is 0.199 e. The van der Waals surface area contributed by atoms with Crippen LogP contribution >= 0.6 is 0 Å². The highest BCUT2D eigenvalue weighted by Crippen LogP contribution is 1.96. The second-order valence-electron chi connectivity index (χ2n) is 3.88. The standard InChI is InChI=1S/C11H18N6/c1-8-15-10(12-2)17-11(16-8)14-7-5-9-4-3-6-13-9/h3-4,6,8,13H,5,7H2,1-2H3,(H3,12,14,15,16,17). The Bertz CT molecular complexity index is 406. The monoisotopic (exact) mass is 234 g/mol. The number of rotatable bonds is 3. The summed E-state index contributed by atoms with van der Waals surface area (Å²) in [6.45, 7) is 2.76. The number of aliphatic imine (C=N–C) groups is 2. The van der Waals surface area contributed by atoms with Crippen molar-refractivity contribution in [1.82, 2.24) is 20.9 Å². The smallest absolute Gasteiger partial charge is 0.199 e. The molecule has 1 aromatic heterocycles. The molecule has 17 heavy (non-hydrogen) atoms. The van der Waals surface area contributed by atoms with Gasteiger partial charge >= 0.3 is 0 Å². The van der Waals surface area contributed by atoms with Crippen LogP contribution in [0.25, 0.3) is 0 Å². The fourth-order valence-electron chi connectivity index (χ4n) is 1.65. The van der Waals surface area contributed by atoms with Gasteiger partial charge in [0, 0.05) is 31.9 Å². The van der Waals surface area contributed by atoms with Crippen LogP contribution in [0.4, 0.5) is 0 Å². The zero-order valence-electron chi connectivity index (χ0n) is 10.1. The van der Waals surface area contributed by atoms with Crippen LogP contribution in [0.2, 0.25) is 0 Å². The Morgan fingerprint density at radius 1 is 1.29 bits per heavy atom. The average molecular weight is 234 g/mol. The van der Waals surface area contributed by atoms with Gasteiger partial charge < -0.3 is 15.6 Å². The molecule has 1 aliphatic rings. The lowest BCUT2D eigenvalue weighted by Gasteiger charge is -2.27. The predicted molar refractivity (Wildman–Crippen MR) is 69.0 cm³/mol. The van der Waals surface area contributed by atoms with Gasteiger partial charge in [-0.25, -0.2) is 0 Å². The van der Waals surface area contributed by atoms with Crippen molar-refractivity contribution in [1.29, 1.82) is 0 Å². The number of aromatic amines is 1. The number of guanidine groups is 2. The van der Waals surface area contributed by atoms with Crippen molar-refractivity contribution in [3.8, 4) is 0 Å². The fourth-order valence-corrected chi connectivity index (χ4v) is 1.65. The minimum atomic E-state index is 0.138. The summed E-state index contributed by atoms with van der Waals surface area (Å²) in [7, 11) is 1.74. The third kappa shape index (κ3) is 3.24. The van der Waals surface area contributed by atoms with E-state index in [0.29, 0.717) is 0 Å². The quantitative estimate of drug-likeness (QED) is 0.596. The number of hydrogen-bond acceptors (Lipinski definition) is 2. The summed E-state index contributed by atoms with van der Waals surface area (Å²) in [6, 6.07) is 4.05. The summed E-state index contributed by atoms with van der Waals surface area (Å²) in [5.41, 5.74) is 1.20. The van der Waals surface area contributed by atoms with Gasteiger partial charge in [-0.05, 0) is 19.1 Å². The van der Waals surface area contributed by atoms with E-state index in [1.54, 1.807) is 7.05 Å². The van der Waals surface area contributed by atoms with Crippen molar-refractivity contribution in [2.24, 2.45) is 9.98 Å². The molecule has 1 fully saturated rings. The SMILES string of the molecule is CN=C1NC(=NCCc2ccc[nH]2)NC(C)N1. The normalized spacial score (nSPS) is 24.2. The Hall–Kier alpha value is -1.98. The van der Waals surface area contributed by atoms with Crippen LogP contribution in [0.15, 0.2) is 28.3 Å². The predicted octanol–water partition coefficient (Wildman–Crippen LogP) is 0.0274. The van der Waals surface area contributed by atoms with Crippen molar-refractivity contribution < 1.29 is 0 Å². The molecule has 1 aliphatic heterocycles. The van der Waals surface area contributed by atoms with Gasteiger partial charge in [-0.1, -0.05) is 0 Å². The van der Waals surface area contributed by atoms with E-state index in [1.165, 1.54) is 5.69 Å². The zero-order valence-corrected chi connectivity index (χ0v) is 10.1. The van der Waals surface area contributed by atoms with Crippen LogP contribution < -0.4 is 16.0 Å². The molecule has 1 atom stereocenters. The van der Waals surface area contributed by atoms with Crippen LogP contribution in [0.3, 0.4) is 0 Å². The molecule has 1 saturated heterocycles. The Balaban J connectivity index is 1.88. The molecular weight excluding hydrogens is 216 g/mol. The molecule has 2 rings (SSSR count). The van der Waals surface area contributed by atoms with Gasteiger partial charge in [0.15, 0.2) is 11.9 Å². The molecule has 0 aromatic carbocycles. The van der Waals surface area contributed by atoms with Gasteiger partial charge in [0.1, 0.15) is 0 Å². The second-order valence-corrected chi connectivity index (χ2v) is 3.88. The molecule has 0 aliphatic carbocycles. The van der Waals surface area contributed by atoms with Gasteiger partial charge in [0.05, 0.1) is 6.17 Å². The van der Waals surface area contributed by atoms with E-state index in [1.807, 2.05) is 19.2 Å². The largest absolute Gasteiger partial charge is 0.365 e. The van der Waals surface area contributed by atoms with Crippen molar-refractivity contribution >= 4 is 11.9 Å². The molecule has 1 aromatic rings. The molecule has 0 spiro atoms. The van der Waals surface area contributed by atoms with Gasteiger partial charge in [-0.2, -0.15) is 0 Å². The van der Waals surface area contributed by atoms with E-state index in [-0.39, 0.29) is 6.17 Å². The van der Waals surface area contributed by atoms with Gasteiger partial charge in [0.2, 0.25) is 0 Å². The molecule has 0 bridgehead atoms. The highest BCUT2D eigenvalue weighted by atomic mass is 15.4. The first-order valence-corrected chi connectivity index (χ1v) is 5.71. The minimum Gasteiger partial charge on any atom is -0.365 e. The van der Waals surface area contributed by atoms with Crippen LogP contribution in [0.1, 0.15) is 12.6 Å². The first-order valence-electron chi connectivity index (χ1n) is 5.71. The van der Waals surface area contributed by atoms with E-state index in [2.05, 4.69) is 37.0 Å². The first kappa shape index (κ1) is 11.5. The molecule has 1 unspecified atom stereocenters. The summed E-state index contributed by atoms with van der Waals surface area (Å²) in [6.07, 6.45) is 2.97. The van der Waals surface area contributed by atoms with E-state index >= 15 is 0 Å². The topological polar surface area (TPSA) is 76.6 Å². The second kappa shape index (κ2) is 5.38. The summed E-state index contributed by atoms with van der Waals surface area (Å²) >= 11 is 0. The van der Waals surface area contributed by atoms with Gasteiger partial charge in [-0.3, -0.25) is 15.3 Å². The lowest BCUT2D eigenvalue weighted by atomic mass is 10.3. The van der Waals surface area contributed by atoms with Crippen LogP contribution in [0.5, 0.6) is 0 Å². The molecule has 0 amide bonds. The van der Waals surface area contributed by atoms with Crippen molar-refractivity contribution in [3.63, 3.8) is 0 Å². The Kier molecular flexibility index (Phi) is 3.64. The Morgan fingerprint density at radius 3 is 2.82 bits per heavy atom. The summed E-state index contributed by atoms with van der Waals surface area (Å²) in [5.74, 6) is 1.51. The molecule has 0 radical (unpaired) electrons. The van der Waals surface area contributed by atoms with Crippen LogP contribution in [-0.2, 0) is 6.42 Å². The number of nitrogens with one attached hydrogen (secondary N) is 4. The maximum absolute atomic E-state index is 4.46. The van der Waals surface area contributed by atoms with Gasteiger partial charge in [-0.15, -0.1) is 0 Å². The van der Waals surface area contributed by atoms with E-state index in [0.717, 1.165) is 24.9 Å². The summed E-state index contributed by atoms with van der Waals surface area (Å²) in [5, 5.41) is 9.42. The number of hydrogen-bond donors (Lipinski definition) is 4. The van der Waals surface area contributed by atoms with Crippen LogP contribution in [0, 0.1) is 0 Å². The third-order valence-electron chi connectivity index (χ3n) is 2.48. The Labute approximate surface area is 101 Å². The highest BCUT2D eigenvalue weighted by molar-refractivity contribution is 6.00. The molecule has 2 heterocycles. The minimum absolute atomic E-state index is 0.138. The third-order valence-corrected chi connectivity index (χ3v) is 2.48. The molecule has 6 heteroatoms. The lowest BCUT2D eigenvalue weighted by molar-refractivity contribution is 0.584. The summed E-state index contributed by atoms with van der Waals surface area (Å²) in [4.78, 5) is 11.7. The Morgan fingerprint density at radius 2 is 2.12 bits per heavy atom. The van der Waals surface area contributed by atoms with Crippen molar-refractivity contribution in [3.05, 3.63) is 24.0 Å². The average Bonchev–Trinajstić information content (AvgIpc) is 2.81. The summed E-state index contributed by atoms with van der Waals surface area (Å²) < 4.78 is 0. The van der Waals surface area contributed by atoms with E-state index < -0.39 is 0 Å². The molecule has 4 N–H and O–H groups in total. The fraction of sp³-hybridized carbons (Fsp3) is 0.455. The van der Waals surface area contributed by atoms with E-state index in [9.17, 15) is 0 Å². The number of aromatic nitrogens is 1. The lowest BCUT2D eigenvalue weighted by Crippen LogP contribution is -2.61. The van der Waals surface area contributed by atoms with Gasteiger partial charge in [0.25, 0.3) is 0 Å². The van der Waals surface area contributed by atoms with Crippen molar-refractivity contribution in [2.45, 2.75) is 19.5 Å². The number of H-pyrrole nitrogens is 1. The number of nitrogens with zero attached hydrogens (tertiary/aromatic N) is 2. The van der Waals surface area contributed by atoms with Crippen molar-refractivity contribution in [2.75, 3.05) is 13.6 Å². The first-order chi connectivity index (χ1) is 8.28. The molecule has 92 valence electrons. The zero-order chi connectivity index (χ0) is 12.1. The van der Waals surface area contributed by atoms with Crippen LogP contribution in [-0.4, -0.2) is 36.7 Å². The molecule has 0 saturated carbocycles. The van der Waals surface area contributed by atoms with E-state index in [4.69, 9.17) is 0 Å². The molecule has 6 nitrogen and oxygen atoms in total.